The summed E-state index contributed by atoms with van der Waals surface area (Å²) in [4.78, 5) is 12.7. The Morgan fingerprint density at radius 3 is 2.27 bits per heavy atom. The summed E-state index contributed by atoms with van der Waals surface area (Å²) in [6.45, 7) is 2.87. The van der Waals surface area contributed by atoms with Crippen molar-refractivity contribution in [2.24, 2.45) is 0 Å². The Hall–Kier alpha value is -2.95. The van der Waals surface area contributed by atoms with Crippen LogP contribution in [-0.4, -0.2) is 25.9 Å². The molecule has 4 rings (SSSR count). The van der Waals surface area contributed by atoms with Crippen LogP contribution in [0.2, 0.25) is 0 Å². The Morgan fingerprint density at radius 2 is 1.58 bits per heavy atom. The lowest BCUT2D eigenvalue weighted by atomic mass is 9.89. The zero-order valence-corrected chi connectivity index (χ0v) is 15.4. The van der Waals surface area contributed by atoms with Gasteiger partial charge < -0.3 is 18.8 Å². The second kappa shape index (κ2) is 6.09. The van der Waals surface area contributed by atoms with Crippen LogP contribution in [0.1, 0.15) is 11.1 Å². The van der Waals surface area contributed by atoms with E-state index in [9.17, 15) is 4.79 Å². The summed E-state index contributed by atoms with van der Waals surface area (Å²) in [7, 11) is 4.82. The van der Waals surface area contributed by atoms with Crippen molar-refractivity contribution in [3.63, 3.8) is 0 Å². The lowest BCUT2D eigenvalue weighted by molar-refractivity contribution is 0.354. The number of methoxy groups -OCH3 is 3. The topological polar surface area (TPSA) is 49.7 Å². The molecule has 1 aromatic carbocycles. The molecule has 0 unspecified atom stereocenters. The first-order chi connectivity index (χ1) is 12.6. The maximum absolute atomic E-state index is 12.7. The molecular formula is C21H21NO4. The van der Waals surface area contributed by atoms with E-state index in [1.165, 1.54) is 12.7 Å². The van der Waals surface area contributed by atoms with Gasteiger partial charge in [-0.1, -0.05) is 6.07 Å². The fraction of sp³-hybridized carbons (Fsp3) is 0.286. The van der Waals surface area contributed by atoms with Gasteiger partial charge in [-0.15, -0.1) is 0 Å². The van der Waals surface area contributed by atoms with Gasteiger partial charge in [0.15, 0.2) is 17.2 Å². The number of aryl methyl sites for hydroxylation is 2. The number of hydrogen-bond acceptors (Lipinski definition) is 4. The van der Waals surface area contributed by atoms with E-state index in [0.717, 1.165) is 41.1 Å². The van der Waals surface area contributed by atoms with E-state index in [2.05, 4.69) is 11.5 Å². The van der Waals surface area contributed by atoms with Gasteiger partial charge in [-0.05, 0) is 48.2 Å². The average Bonchev–Trinajstić information content (AvgIpc) is 2.67. The fourth-order valence-electron chi connectivity index (χ4n) is 3.88. The first kappa shape index (κ1) is 16.5. The number of pyridine rings is 1. The predicted octanol–water partition coefficient (Wildman–Crippen LogP) is 3.51. The van der Waals surface area contributed by atoms with Crippen LogP contribution >= 0.6 is 0 Å². The number of nitrogens with zero attached hydrogens (tertiary/aromatic N) is 1. The van der Waals surface area contributed by atoms with Crippen LogP contribution in [0.15, 0.2) is 35.3 Å². The van der Waals surface area contributed by atoms with Gasteiger partial charge in [0, 0.05) is 23.9 Å². The first-order valence-electron chi connectivity index (χ1n) is 8.55. The van der Waals surface area contributed by atoms with Crippen LogP contribution in [0.5, 0.6) is 17.2 Å². The highest BCUT2D eigenvalue weighted by Gasteiger charge is 2.25. The van der Waals surface area contributed by atoms with E-state index < -0.39 is 0 Å². The lowest BCUT2D eigenvalue weighted by Crippen LogP contribution is -2.19. The molecule has 1 aliphatic carbocycles. The van der Waals surface area contributed by atoms with Gasteiger partial charge in [-0.25, -0.2) is 0 Å². The molecule has 0 fully saturated rings. The SMILES string of the molecule is COc1cc2c(cc1OC)-c1c(C)c3ccc(OC)c(=O)c-3cn1CC2. The minimum atomic E-state index is -0.0680. The molecule has 0 aromatic heterocycles. The summed E-state index contributed by atoms with van der Waals surface area (Å²) in [6, 6.07) is 7.78. The summed E-state index contributed by atoms with van der Waals surface area (Å²) in [5.41, 5.74) is 6.11. The Morgan fingerprint density at radius 1 is 0.885 bits per heavy atom. The van der Waals surface area contributed by atoms with Crippen molar-refractivity contribution in [3.05, 3.63) is 51.8 Å². The normalized spacial score (nSPS) is 12.5. The van der Waals surface area contributed by atoms with Gasteiger partial charge in [0.05, 0.1) is 27.0 Å². The van der Waals surface area contributed by atoms with Crippen LogP contribution < -0.4 is 19.6 Å². The number of rotatable bonds is 3. The van der Waals surface area contributed by atoms with Crippen LogP contribution in [-0.2, 0) is 13.0 Å². The molecule has 0 saturated heterocycles. The molecule has 134 valence electrons. The van der Waals surface area contributed by atoms with Crippen LogP contribution in [0.3, 0.4) is 0 Å². The standard InChI is InChI=1S/C21H21NO4/c1-12-14-5-6-17(24-2)21(23)16(14)11-22-8-7-13-9-18(25-3)19(26-4)10-15(13)20(12)22/h5-6,9-11H,7-8H2,1-4H3. The summed E-state index contributed by atoms with van der Waals surface area (Å²) in [5.74, 6) is 1.82. The van der Waals surface area contributed by atoms with E-state index >= 15 is 0 Å². The van der Waals surface area contributed by atoms with Crippen LogP contribution in [0, 0.1) is 6.92 Å². The van der Waals surface area contributed by atoms with Crippen LogP contribution in [0.25, 0.3) is 22.4 Å². The Balaban J connectivity index is 2.03. The predicted molar refractivity (Wildman–Crippen MR) is 101 cm³/mol. The molecule has 3 aliphatic rings. The van der Waals surface area contributed by atoms with Crippen molar-refractivity contribution in [2.75, 3.05) is 21.3 Å². The third-order valence-corrected chi connectivity index (χ3v) is 5.20. The highest BCUT2D eigenvalue weighted by Crippen LogP contribution is 2.42. The molecule has 0 saturated carbocycles. The smallest absolute Gasteiger partial charge is 0.229 e. The van der Waals surface area contributed by atoms with E-state index in [0.29, 0.717) is 17.1 Å². The third kappa shape index (κ3) is 2.27. The van der Waals surface area contributed by atoms with E-state index in [-0.39, 0.29) is 5.43 Å². The molecule has 0 bridgehead atoms. The highest BCUT2D eigenvalue weighted by atomic mass is 16.5. The van der Waals surface area contributed by atoms with E-state index in [1.54, 1.807) is 20.3 Å². The van der Waals surface area contributed by atoms with Crippen molar-refractivity contribution in [1.29, 1.82) is 0 Å². The number of benzene rings is 2. The average molecular weight is 351 g/mol. The Bertz CT molecular complexity index is 1040. The van der Waals surface area contributed by atoms with Gasteiger partial charge in [-0.2, -0.15) is 0 Å². The molecule has 5 nitrogen and oxygen atoms in total. The van der Waals surface area contributed by atoms with Crippen molar-refractivity contribution in [2.45, 2.75) is 19.9 Å². The molecular weight excluding hydrogens is 330 g/mol. The van der Waals surface area contributed by atoms with Gasteiger partial charge in [0.25, 0.3) is 0 Å². The number of fused-ring (bicyclic) bond motifs is 4. The fourth-order valence-corrected chi connectivity index (χ4v) is 3.88. The monoisotopic (exact) mass is 351 g/mol. The van der Waals surface area contributed by atoms with Gasteiger partial charge in [0.2, 0.25) is 5.43 Å². The second-order valence-electron chi connectivity index (χ2n) is 6.47. The zero-order valence-electron chi connectivity index (χ0n) is 15.4. The first-order valence-corrected chi connectivity index (χ1v) is 8.55. The second-order valence-corrected chi connectivity index (χ2v) is 6.47. The molecule has 26 heavy (non-hydrogen) atoms. The van der Waals surface area contributed by atoms with E-state index in [1.807, 2.05) is 24.4 Å². The molecule has 1 aromatic rings. The molecule has 0 radical (unpaired) electrons. The molecule has 5 heteroatoms. The van der Waals surface area contributed by atoms with Crippen molar-refractivity contribution >= 4 is 0 Å². The van der Waals surface area contributed by atoms with Gasteiger partial charge in [0.1, 0.15) is 0 Å². The number of hydrogen-bond donors (Lipinski definition) is 0. The minimum Gasteiger partial charge on any atom is -0.493 e. The largest absolute Gasteiger partial charge is 0.493 e. The molecule has 0 amide bonds. The summed E-state index contributed by atoms with van der Waals surface area (Å²) in [6.07, 6.45) is 2.82. The van der Waals surface area contributed by atoms with E-state index in [4.69, 9.17) is 14.2 Å². The summed E-state index contributed by atoms with van der Waals surface area (Å²) < 4.78 is 18.3. The van der Waals surface area contributed by atoms with Gasteiger partial charge >= 0.3 is 0 Å². The molecule has 2 heterocycles. The highest BCUT2D eigenvalue weighted by molar-refractivity contribution is 5.81. The Kier molecular flexibility index (Phi) is 3.87. The molecule has 0 atom stereocenters. The van der Waals surface area contributed by atoms with Crippen LogP contribution in [0.4, 0.5) is 0 Å². The summed E-state index contributed by atoms with van der Waals surface area (Å²) >= 11 is 0. The maximum atomic E-state index is 12.7. The zero-order chi connectivity index (χ0) is 18.4. The molecule has 0 N–H and O–H groups in total. The third-order valence-electron chi connectivity index (χ3n) is 5.20. The molecule has 0 spiro atoms. The number of aromatic nitrogens is 1. The minimum absolute atomic E-state index is 0.0680. The maximum Gasteiger partial charge on any atom is 0.229 e. The summed E-state index contributed by atoms with van der Waals surface area (Å²) in [5, 5.41) is 0. The van der Waals surface area contributed by atoms with Gasteiger partial charge in [-0.3, -0.25) is 4.79 Å². The molecule has 2 aliphatic heterocycles. The number of ether oxygens (including phenoxy) is 3. The quantitative estimate of drug-likeness (QED) is 0.725. The Labute approximate surface area is 152 Å². The lowest BCUT2D eigenvalue weighted by Gasteiger charge is -2.28. The van der Waals surface area contributed by atoms with Crippen molar-refractivity contribution < 1.29 is 14.2 Å². The van der Waals surface area contributed by atoms with Crippen molar-refractivity contribution in [1.82, 2.24) is 4.57 Å². The van der Waals surface area contributed by atoms with Crippen molar-refractivity contribution in [3.8, 4) is 39.6 Å².